The molecule has 1 atom stereocenters. The molecule has 0 aliphatic carbocycles. The molecular formula is C16H24N4OS. The van der Waals surface area contributed by atoms with Crippen LogP contribution in [0.5, 0.6) is 0 Å². The van der Waals surface area contributed by atoms with Gasteiger partial charge in [0.05, 0.1) is 22.9 Å². The molecule has 22 heavy (non-hydrogen) atoms. The van der Waals surface area contributed by atoms with Crippen molar-refractivity contribution in [1.29, 1.82) is 0 Å². The number of anilines is 1. The summed E-state index contributed by atoms with van der Waals surface area (Å²) in [4.78, 5) is 16.5. The molecule has 5 nitrogen and oxygen atoms in total. The van der Waals surface area contributed by atoms with Crippen LogP contribution in [0.4, 0.5) is 5.82 Å². The lowest BCUT2D eigenvalue weighted by atomic mass is 10.1. The second-order valence-corrected chi connectivity index (χ2v) is 7.11. The fraction of sp³-hybridized carbons (Fsp3) is 0.562. The van der Waals surface area contributed by atoms with Crippen LogP contribution in [0.1, 0.15) is 50.4 Å². The Hall–Kier alpha value is -1.69. The van der Waals surface area contributed by atoms with Crippen molar-refractivity contribution in [2.75, 3.05) is 5.32 Å². The molecule has 0 saturated carbocycles. The molecule has 0 spiro atoms. The third-order valence-corrected chi connectivity index (χ3v) is 4.26. The zero-order valence-electron chi connectivity index (χ0n) is 13.7. The summed E-state index contributed by atoms with van der Waals surface area (Å²) in [6, 6.07) is 2.12. The molecule has 0 aliphatic rings. The van der Waals surface area contributed by atoms with Gasteiger partial charge in [0.1, 0.15) is 5.82 Å². The molecule has 6 heteroatoms. The minimum absolute atomic E-state index is 0.00384. The standard InChI is InChI=1S/C16H24N4OS/c1-11(2)9-12(3)20-15(7-8-17-20)19-16(21)6-5-14-10-22-13(4)18-14/h7-8,10-12H,5-6,9H2,1-4H3,(H,19,21)/t12-/m1/s1. The van der Waals surface area contributed by atoms with Crippen LogP contribution < -0.4 is 5.32 Å². The van der Waals surface area contributed by atoms with E-state index in [1.807, 2.05) is 23.1 Å². The first-order valence-corrected chi connectivity index (χ1v) is 8.58. The van der Waals surface area contributed by atoms with Crippen LogP contribution in [0.25, 0.3) is 0 Å². The van der Waals surface area contributed by atoms with Gasteiger partial charge in [-0.15, -0.1) is 11.3 Å². The van der Waals surface area contributed by atoms with Crippen molar-refractivity contribution < 1.29 is 4.79 Å². The zero-order valence-corrected chi connectivity index (χ0v) is 14.5. The van der Waals surface area contributed by atoms with E-state index in [1.54, 1.807) is 17.5 Å². The third kappa shape index (κ3) is 4.66. The number of nitrogens with one attached hydrogen (secondary N) is 1. The van der Waals surface area contributed by atoms with Crippen molar-refractivity contribution in [3.8, 4) is 0 Å². The maximum atomic E-state index is 12.1. The number of nitrogens with zero attached hydrogens (tertiary/aromatic N) is 3. The molecule has 120 valence electrons. The summed E-state index contributed by atoms with van der Waals surface area (Å²) in [6.07, 6.45) is 3.87. The number of carbonyl (C=O) groups excluding carboxylic acids is 1. The van der Waals surface area contributed by atoms with E-state index in [1.165, 1.54) is 0 Å². The molecule has 2 aromatic heterocycles. The largest absolute Gasteiger partial charge is 0.311 e. The van der Waals surface area contributed by atoms with Crippen molar-refractivity contribution in [2.24, 2.45) is 5.92 Å². The van der Waals surface area contributed by atoms with Gasteiger partial charge < -0.3 is 5.32 Å². The maximum absolute atomic E-state index is 12.1. The fourth-order valence-corrected chi connectivity index (χ4v) is 3.16. The van der Waals surface area contributed by atoms with E-state index in [9.17, 15) is 4.79 Å². The number of hydrogen-bond acceptors (Lipinski definition) is 4. The van der Waals surface area contributed by atoms with Crippen molar-refractivity contribution in [3.05, 3.63) is 28.3 Å². The zero-order chi connectivity index (χ0) is 16.1. The predicted octanol–water partition coefficient (Wildman–Crippen LogP) is 3.83. The van der Waals surface area contributed by atoms with Crippen LogP contribution in [0.3, 0.4) is 0 Å². The SMILES string of the molecule is Cc1nc(CCC(=O)Nc2ccnn2[C@H](C)CC(C)C)cs1. The Kier molecular flexibility index (Phi) is 5.71. The van der Waals surface area contributed by atoms with E-state index < -0.39 is 0 Å². The van der Waals surface area contributed by atoms with Crippen LogP contribution in [-0.2, 0) is 11.2 Å². The first kappa shape index (κ1) is 16.7. The lowest BCUT2D eigenvalue weighted by Gasteiger charge is -2.17. The first-order chi connectivity index (χ1) is 10.5. The number of hydrogen-bond donors (Lipinski definition) is 1. The van der Waals surface area contributed by atoms with Gasteiger partial charge in [-0.05, 0) is 32.6 Å². The molecule has 1 N–H and O–H groups in total. The molecule has 0 aromatic carbocycles. The van der Waals surface area contributed by atoms with Crippen LogP contribution in [0, 0.1) is 12.8 Å². The van der Waals surface area contributed by atoms with E-state index in [4.69, 9.17) is 0 Å². The second kappa shape index (κ2) is 7.54. The fourth-order valence-electron chi connectivity index (χ4n) is 2.52. The molecular weight excluding hydrogens is 296 g/mol. The highest BCUT2D eigenvalue weighted by Gasteiger charge is 2.14. The van der Waals surface area contributed by atoms with Crippen molar-refractivity contribution in [1.82, 2.24) is 14.8 Å². The Labute approximate surface area is 135 Å². The Bertz CT molecular complexity index is 617. The van der Waals surface area contributed by atoms with Crippen LogP contribution in [0.2, 0.25) is 0 Å². The molecule has 0 bridgehead atoms. The molecule has 0 fully saturated rings. The normalized spacial score (nSPS) is 12.6. The number of rotatable bonds is 7. The van der Waals surface area contributed by atoms with Crippen molar-refractivity contribution in [2.45, 2.75) is 53.0 Å². The topological polar surface area (TPSA) is 59.8 Å². The second-order valence-electron chi connectivity index (χ2n) is 6.05. The van der Waals surface area contributed by atoms with E-state index in [2.05, 4.69) is 36.2 Å². The quantitative estimate of drug-likeness (QED) is 0.843. The smallest absolute Gasteiger partial charge is 0.225 e. The monoisotopic (exact) mass is 320 g/mol. The molecule has 0 saturated heterocycles. The summed E-state index contributed by atoms with van der Waals surface area (Å²) < 4.78 is 1.89. The minimum Gasteiger partial charge on any atom is -0.311 e. The Morgan fingerprint density at radius 1 is 1.41 bits per heavy atom. The highest BCUT2D eigenvalue weighted by molar-refractivity contribution is 7.09. The molecule has 0 radical (unpaired) electrons. The molecule has 2 rings (SSSR count). The van der Waals surface area contributed by atoms with Gasteiger partial charge in [-0.2, -0.15) is 5.10 Å². The lowest BCUT2D eigenvalue weighted by molar-refractivity contribution is -0.116. The summed E-state index contributed by atoms with van der Waals surface area (Å²) in [7, 11) is 0. The van der Waals surface area contributed by atoms with E-state index >= 15 is 0 Å². The van der Waals surface area contributed by atoms with Gasteiger partial charge >= 0.3 is 0 Å². The summed E-state index contributed by atoms with van der Waals surface area (Å²) >= 11 is 1.62. The van der Waals surface area contributed by atoms with Gasteiger partial charge in [0.25, 0.3) is 0 Å². The van der Waals surface area contributed by atoms with Gasteiger partial charge in [-0.1, -0.05) is 13.8 Å². The van der Waals surface area contributed by atoms with Crippen LogP contribution >= 0.6 is 11.3 Å². The third-order valence-electron chi connectivity index (χ3n) is 3.44. The van der Waals surface area contributed by atoms with Crippen LogP contribution in [0.15, 0.2) is 17.6 Å². The average molecular weight is 320 g/mol. The summed E-state index contributed by atoms with van der Waals surface area (Å²) in [6.45, 7) is 8.48. The number of aromatic nitrogens is 3. The number of thiazole rings is 1. The number of aryl methyl sites for hydroxylation is 2. The predicted molar refractivity (Wildman–Crippen MR) is 90.2 cm³/mol. The highest BCUT2D eigenvalue weighted by Crippen LogP contribution is 2.21. The van der Waals surface area contributed by atoms with Gasteiger partial charge in [0.2, 0.25) is 5.91 Å². The first-order valence-electron chi connectivity index (χ1n) is 7.70. The number of amides is 1. The van der Waals surface area contributed by atoms with E-state index in [0.29, 0.717) is 18.8 Å². The molecule has 2 heterocycles. The number of carbonyl (C=O) groups is 1. The van der Waals surface area contributed by atoms with Gasteiger partial charge in [0.15, 0.2) is 0 Å². The van der Waals surface area contributed by atoms with E-state index in [0.717, 1.165) is 22.9 Å². The van der Waals surface area contributed by atoms with Gasteiger partial charge in [0, 0.05) is 17.9 Å². The minimum atomic E-state index is 0.00384. The summed E-state index contributed by atoms with van der Waals surface area (Å²) in [5.41, 5.74) is 0.985. The van der Waals surface area contributed by atoms with Crippen LogP contribution in [-0.4, -0.2) is 20.7 Å². The molecule has 0 aliphatic heterocycles. The van der Waals surface area contributed by atoms with Gasteiger partial charge in [-0.3, -0.25) is 4.79 Å². The Morgan fingerprint density at radius 3 is 2.82 bits per heavy atom. The average Bonchev–Trinajstić information content (AvgIpc) is 3.04. The maximum Gasteiger partial charge on any atom is 0.225 e. The lowest BCUT2D eigenvalue weighted by Crippen LogP contribution is -2.18. The highest BCUT2D eigenvalue weighted by atomic mass is 32.1. The van der Waals surface area contributed by atoms with Crippen molar-refractivity contribution in [3.63, 3.8) is 0 Å². The summed E-state index contributed by atoms with van der Waals surface area (Å²) in [5, 5.41) is 10.3. The Morgan fingerprint density at radius 2 is 2.18 bits per heavy atom. The Balaban J connectivity index is 1.90. The molecule has 1 amide bonds. The van der Waals surface area contributed by atoms with Gasteiger partial charge in [-0.25, -0.2) is 9.67 Å². The molecule has 0 unspecified atom stereocenters. The van der Waals surface area contributed by atoms with E-state index in [-0.39, 0.29) is 11.9 Å². The van der Waals surface area contributed by atoms with Crippen molar-refractivity contribution >= 4 is 23.1 Å². The molecule has 2 aromatic rings. The summed E-state index contributed by atoms with van der Waals surface area (Å²) in [5.74, 6) is 1.37.